The Morgan fingerprint density at radius 1 is 1.21 bits per heavy atom. The Balaban J connectivity index is 1.76. The van der Waals surface area contributed by atoms with Gasteiger partial charge in [-0.2, -0.15) is 10.2 Å². The third-order valence-electron chi connectivity index (χ3n) is 5.27. The van der Waals surface area contributed by atoms with Gasteiger partial charge in [-0.1, -0.05) is 13.8 Å². The third-order valence-corrected chi connectivity index (χ3v) is 5.27. The van der Waals surface area contributed by atoms with Crippen molar-refractivity contribution in [3.8, 4) is 0 Å². The van der Waals surface area contributed by atoms with Crippen LogP contribution < -0.4 is 10.2 Å². The number of rotatable bonds is 6. The average molecular weight is 401 g/mol. The first-order valence-corrected chi connectivity index (χ1v) is 10.3. The normalized spacial score (nSPS) is 15.3. The highest BCUT2D eigenvalue weighted by Crippen LogP contribution is 2.18. The molecule has 1 aliphatic rings. The van der Waals surface area contributed by atoms with Gasteiger partial charge in [0.15, 0.2) is 5.96 Å². The Hall–Kier alpha value is -2.84. The van der Waals surface area contributed by atoms with Gasteiger partial charge in [0.2, 0.25) is 5.91 Å². The highest BCUT2D eigenvalue weighted by atomic mass is 16.2. The molecule has 1 N–H and O–H groups in total. The fraction of sp³-hybridized carbons (Fsp3) is 0.600. The van der Waals surface area contributed by atoms with Gasteiger partial charge >= 0.3 is 0 Å². The van der Waals surface area contributed by atoms with Crippen LogP contribution in [0.5, 0.6) is 0 Å². The Labute approximate surface area is 172 Å². The first-order valence-electron chi connectivity index (χ1n) is 10.3. The standard InChI is InChI=1S/C20H32N8O/c1-6-17-16(18(7-2)26(5)24-17)12-22-20(21-8-3)27-9-10-28(19(29)14-27)15-11-23-25(4)13-15/h11,13H,6-10,12,14H2,1-5H3,(H,21,22). The summed E-state index contributed by atoms with van der Waals surface area (Å²) in [5, 5.41) is 12.2. The molecule has 1 saturated heterocycles. The molecular formula is C20H32N8O. The van der Waals surface area contributed by atoms with Crippen molar-refractivity contribution in [1.82, 2.24) is 29.8 Å². The molecular weight excluding hydrogens is 368 g/mol. The van der Waals surface area contributed by atoms with Crippen LogP contribution in [0.4, 0.5) is 5.69 Å². The fourth-order valence-electron chi connectivity index (χ4n) is 3.83. The van der Waals surface area contributed by atoms with Crippen molar-refractivity contribution in [3.05, 3.63) is 29.3 Å². The second kappa shape index (κ2) is 9.11. The lowest BCUT2D eigenvalue weighted by molar-refractivity contribution is -0.120. The van der Waals surface area contributed by atoms with E-state index in [0.717, 1.165) is 43.3 Å². The number of guanidine groups is 1. The van der Waals surface area contributed by atoms with Crippen LogP contribution in [0.15, 0.2) is 17.4 Å². The van der Waals surface area contributed by atoms with Gasteiger partial charge in [0.05, 0.1) is 24.1 Å². The highest BCUT2D eigenvalue weighted by Gasteiger charge is 2.27. The minimum Gasteiger partial charge on any atom is -0.356 e. The van der Waals surface area contributed by atoms with E-state index in [1.54, 1.807) is 15.8 Å². The molecule has 0 bridgehead atoms. The number of carbonyl (C=O) groups excluding carboxylic acids is 1. The molecule has 0 spiro atoms. The predicted molar refractivity (Wildman–Crippen MR) is 114 cm³/mol. The second-order valence-corrected chi connectivity index (χ2v) is 7.21. The largest absolute Gasteiger partial charge is 0.356 e. The topological polar surface area (TPSA) is 83.6 Å². The molecule has 3 heterocycles. The van der Waals surface area contributed by atoms with Crippen LogP contribution >= 0.6 is 0 Å². The lowest BCUT2D eigenvalue weighted by atomic mass is 10.1. The molecule has 1 fully saturated rings. The Kier molecular flexibility index (Phi) is 6.56. The van der Waals surface area contributed by atoms with Crippen LogP contribution in [-0.2, 0) is 38.3 Å². The number of hydrogen-bond donors (Lipinski definition) is 1. The maximum absolute atomic E-state index is 12.8. The minimum atomic E-state index is 0.0553. The lowest BCUT2D eigenvalue weighted by Crippen LogP contribution is -2.55. The molecule has 0 aliphatic carbocycles. The van der Waals surface area contributed by atoms with Crippen molar-refractivity contribution >= 4 is 17.6 Å². The first-order chi connectivity index (χ1) is 14.0. The number of aryl methyl sites for hydroxylation is 3. The molecule has 3 rings (SSSR count). The molecule has 1 aliphatic heterocycles. The molecule has 0 radical (unpaired) electrons. The molecule has 158 valence electrons. The third kappa shape index (κ3) is 4.44. The van der Waals surface area contributed by atoms with Gasteiger partial charge in [-0.05, 0) is 19.8 Å². The molecule has 2 aromatic heterocycles. The predicted octanol–water partition coefficient (Wildman–Crippen LogP) is 1.09. The SMILES string of the molecule is CCNC(=NCc1c(CC)nn(C)c1CC)N1CCN(c2cnn(C)c2)C(=O)C1. The van der Waals surface area contributed by atoms with E-state index in [-0.39, 0.29) is 5.91 Å². The fourth-order valence-corrected chi connectivity index (χ4v) is 3.83. The molecule has 9 heteroatoms. The summed E-state index contributed by atoms with van der Waals surface area (Å²) in [6.45, 7) is 9.27. The van der Waals surface area contributed by atoms with Gasteiger partial charge in [-0.25, -0.2) is 4.99 Å². The number of hydrogen-bond acceptors (Lipinski definition) is 4. The van der Waals surface area contributed by atoms with E-state index in [0.29, 0.717) is 19.6 Å². The first kappa shape index (κ1) is 20.9. The summed E-state index contributed by atoms with van der Waals surface area (Å²) in [7, 11) is 3.85. The smallest absolute Gasteiger partial charge is 0.246 e. The number of nitrogens with one attached hydrogen (secondary N) is 1. The molecule has 29 heavy (non-hydrogen) atoms. The van der Waals surface area contributed by atoms with Gasteiger partial charge < -0.3 is 15.1 Å². The van der Waals surface area contributed by atoms with E-state index in [9.17, 15) is 4.79 Å². The number of piperazine rings is 1. The molecule has 2 aromatic rings. The van der Waals surface area contributed by atoms with Gasteiger partial charge in [-0.15, -0.1) is 0 Å². The van der Waals surface area contributed by atoms with Gasteiger partial charge in [0.1, 0.15) is 6.54 Å². The van der Waals surface area contributed by atoms with E-state index < -0.39 is 0 Å². The summed E-state index contributed by atoms with van der Waals surface area (Å²) in [6, 6.07) is 0. The second-order valence-electron chi connectivity index (χ2n) is 7.21. The van der Waals surface area contributed by atoms with Crippen molar-refractivity contribution in [3.63, 3.8) is 0 Å². The van der Waals surface area contributed by atoms with Crippen LogP contribution in [0, 0.1) is 0 Å². The number of amides is 1. The summed E-state index contributed by atoms with van der Waals surface area (Å²) >= 11 is 0. The summed E-state index contributed by atoms with van der Waals surface area (Å²) in [5.41, 5.74) is 4.36. The van der Waals surface area contributed by atoms with Crippen molar-refractivity contribution in [2.24, 2.45) is 19.1 Å². The Morgan fingerprint density at radius 2 is 2.00 bits per heavy atom. The molecule has 0 atom stereocenters. The Morgan fingerprint density at radius 3 is 2.59 bits per heavy atom. The van der Waals surface area contributed by atoms with Crippen molar-refractivity contribution < 1.29 is 4.79 Å². The number of nitrogens with zero attached hydrogens (tertiary/aromatic N) is 7. The monoisotopic (exact) mass is 400 g/mol. The van der Waals surface area contributed by atoms with E-state index in [1.807, 2.05) is 36.8 Å². The number of anilines is 1. The zero-order valence-electron chi connectivity index (χ0n) is 18.1. The molecule has 0 saturated carbocycles. The van der Waals surface area contributed by atoms with Gasteiger partial charge in [0, 0.05) is 51.2 Å². The van der Waals surface area contributed by atoms with Crippen LogP contribution in [0.25, 0.3) is 0 Å². The maximum atomic E-state index is 12.8. The molecule has 9 nitrogen and oxygen atoms in total. The van der Waals surface area contributed by atoms with Crippen LogP contribution in [0.3, 0.4) is 0 Å². The summed E-state index contributed by atoms with van der Waals surface area (Å²) in [6.07, 6.45) is 5.41. The molecule has 0 aromatic carbocycles. The van der Waals surface area contributed by atoms with E-state index in [4.69, 9.17) is 4.99 Å². The van der Waals surface area contributed by atoms with Crippen LogP contribution in [-0.4, -0.2) is 62.5 Å². The molecule has 0 unspecified atom stereocenters. The quantitative estimate of drug-likeness (QED) is 0.580. The molecule has 1 amide bonds. The van der Waals surface area contributed by atoms with Crippen molar-refractivity contribution in [2.75, 3.05) is 31.1 Å². The van der Waals surface area contributed by atoms with Crippen molar-refractivity contribution in [1.29, 1.82) is 0 Å². The van der Waals surface area contributed by atoms with E-state index in [1.165, 1.54) is 11.3 Å². The number of aliphatic imine (C=N–C) groups is 1. The van der Waals surface area contributed by atoms with Crippen molar-refractivity contribution in [2.45, 2.75) is 40.2 Å². The summed E-state index contributed by atoms with van der Waals surface area (Å²) < 4.78 is 3.68. The highest BCUT2D eigenvalue weighted by molar-refractivity contribution is 5.98. The van der Waals surface area contributed by atoms with Crippen LogP contribution in [0.1, 0.15) is 37.7 Å². The lowest BCUT2D eigenvalue weighted by Gasteiger charge is -2.35. The summed E-state index contributed by atoms with van der Waals surface area (Å²) in [4.78, 5) is 21.4. The van der Waals surface area contributed by atoms with E-state index >= 15 is 0 Å². The zero-order chi connectivity index (χ0) is 21.0. The maximum Gasteiger partial charge on any atom is 0.246 e. The minimum absolute atomic E-state index is 0.0553. The zero-order valence-corrected chi connectivity index (χ0v) is 18.1. The number of carbonyl (C=O) groups is 1. The van der Waals surface area contributed by atoms with Gasteiger partial charge in [0.25, 0.3) is 0 Å². The number of aromatic nitrogens is 4. The van der Waals surface area contributed by atoms with E-state index in [2.05, 4.69) is 29.4 Å². The Bertz CT molecular complexity index is 881. The average Bonchev–Trinajstić information content (AvgIpc) is 3.27. The van der Waals surface area contributed by atoms with Gasteiger partial charge in [-0.3, -0.25) is 14.2 Å². The summed E-state index contributed by atoms with van der Waals surface area (Å²) in [5.74, 6) is 0.833. The van der Waals surface area contributed by atoms with Crippen LogP contribution in [0.2, 0.25) is 0 Å².